The van der Waals surface area contributed by atoms with Crippen molar-refractivity contribution < 1.29 is 4.74 Å². The van der Waals surface area contributed by atoms with Crippen LogP contribution in [-0.2, 0) is 4.74 Å². The molecular weight excluding hydrogens is 196 g/mol. The van der Waals surface area contributed by atoms with Crippen LogP contribution in [0.15, 0.2) is 24.3 Å². The molecular formula is C15H24O. The smallest absolute Gasteiger partial charge is 0.0929 e. The van der Waals surface area contributed by atoms with Gasteiger partial charge in [0.05, 0.1) is 11.2 Å². The Morgan fingerprint density at radius 2 is 2.12 bits per heavy atom. The number of rotatable bonds is 1. The Hall–Kier alpha value is -0.560. The highest BCUT2D eigenvalue weighted by Gasteiger charge is 2.51. The summed E-state index contributed by atoms with van der Waals surface area (Å²) < 4.78 is 6.44. The fraction of sp³-hybridized carbons (Fsp3) is 0.733. The van der Waals surface area contributed by atoms with Gasteiger partial charge in [-0.1, -0.05) is 26.0 Å². The first kappa shape index (κ1) is 11.9. The molecule has 90 valence electrons. The third-order valence-electron chi connectivity index (χ3n) is 4.89. The van der Waals surface area contributed by atoms with E-state index in [1.165, 1.54) is 12.0 Å². The molecule has 1 nitrogen and oxygen atoms in total. The third-order valence-corrected chi connectivity index (χ3v) is 4.89. The number of allylic oxidation sites excluding steroid dienone is 1. The second-order valence-electron chi connectivity index (χ2n) is 5.90. The minimum atomic E-state index is -0.125. The van der Waals surface area contributed by atoms with Gasteiger partial charge in [0.2, 0.25) is 0 Å². The van der Waals surface area contributed by atoms with Crippen molar-refractivity contribution in [2.75, 3.05) is 0 Å². The molecule has 1 heteroatoms. The zero-order valence-electron chi connectivity index (χ0n) is 11.0. The first-order valence-corrected chi connectivity index (χ1v) is 6.44. The van der Waals surface area contributed by atoms with Crippen molar-refractivity contribution in [3.05, 3.63) is 24.3 Å². The second-order valence-corrected chi connectivity index (χ2v) is 5.90. The Morgan fingerprint density at radius 1 is 1.44 bits per heavy atom. The SMILES string of the molecule is C=C[C@]1(C)CC[C@]2(O1)C(C)=CC[C@H](C)[C@H]2C. The molecule has 0 aromatic carbocycles. The average molecular weight is 220 g/mol. The molecule has 0 aromatic rings. The van der Waals surface area contributed by atoms with E-state index in [-0.39, 0.29) is 11.2 Å². The Balaban J connectivity index is 2.34. The molecule has 0 saturated carbocycles. The van der Waals surface area contributed by atoms with Crippen LogP contribution in [0.5, 0.6) is 0 Å². The summed E-state index contributed by atoms with van der Waals surface area (Å²) in [5, 5.41) is 0. The van der Waals surface area contributed by atoms with E-state index in [2.05, 4.69) is 40.3 Å². The third kappa shape index (κ3) is 1.57. The fourth-order valence-corrected chi connectivity index (χ4v) is 3.25. The van der Waals surface area contributed by atoms with Gasteiger partial charge in [-0.3, -0.25) is 0 Å². The van der Waals surface area contributed by atoms with Crippen molar-refractivity contribution in [1.82, 2.24) is 0 Å². The summed E-state index contributed by atoms with van der Waals surface area (Å²) in [5.74, 6) is 1.33. The van der Waals surface area contributed by atoms with Gasteiger partial charge in [0.25, 0.3) is 0 Å². The number of hydrogen-bond donors (Lipinski definition) is 0. The van der Waals surface area contributed by atoms with Crippen LogP contribution in [0, 0.1) is 11.8 Å². The molecule has 4 atom stereocenters. The van der Waals surface area contributed by atoms with Crippen LogP contribution in [0.4, 0.5) is 0 Å². The maximum atomic E-state index is 6.44. The molecule has 2 rings (SSSR count). The van der Waals surface area contributed by atoms with Crippen molar-refractivity contribution in [3.8, 4) is 0 Å². The lowest BCUT2D eigenvalue weighted by atomic mass is 9.69. The highest BCUT2D eigenvalue weighted by molar-refractivity contribution is 5.25. The van der Waals surface area contributed by atoms with Crippen molar-refractivity contribution in [2.24, 2.45) is 11.8 Å². The normalized spacial score (nSPS) is 48.1. The zero-order valence-corrected chi connectivity index (χ0v) is 11.0. The van der Waals surface area contributed by atoms with Gasteiger partial charge in [-0.2, -0.15) is 0 Å². The quantitative estimate of drug-likeness (QED) is 0.604. The van der Waals surface area contributed by atoms with Crippen LogP contribution in [0.2, 0.25) is 0 Å². The van der Waals surface area contributed by atoms with Crippen LogP contribution in [0.1, 0.15) is 47.0 Å². The molecule has 2 aliphatic rings. The lowest BCUT2D eigenvalue weighted by Crippen LogP contribution is -2.44. The highest BCUT2D eigenvalue weighted by Crippen LogP contribution is 2.51. The molecule has 1 spiro atoms. The molecule has 1 fully saturated rings. The monoisotopic (exact) mass is 220 g/mol. The molecule has 0 unspecified atom stereocenters. The summed E-state index contributed by atoms with van der Waals surface area (Å²) in [6, 6.07) is 0. The molecule has 1 aliphatic carbocycles. The Kier molecular flexibility index (Phi) is 2.78. The maximum Gasteiger partial charge on any atom is 0.0929 e. The molecule has 16 heavy (non-hydrogen) atoms. The van der Waals surface area contributed by atoms with E-state index in [1.54, 1.807) is 0 Å². The highest BCUT2D eigenvalue weighted by atomic mass is 16.5. The van der Waals surface area contributed by atoms with Crippen LogP contribution < -0.4 is 0 Å². The summed E-state index contributed by atoms with van der Waals surface area (Å²) in [5.41, 5.74) is 1.30. The van der Waals surface area contributed by atoms with Gasteiger partial charge >= 0.3 is 0 Å². The topological polar surface area (TPSA) is 9.23 Å². The summed E-state index contributed by atoms with van der Waals surface area (Å²) in [6.45, 7) is 13.0. The van der Waals surface area contributed by atoms with Crippen LogP contribution in [0.25, 0.3) is 0 Å². The minimum Gasteiger partial charge on any atom is -0.360 e. The molecule has 1 saturated heterocycles. The first-order chi connectivity index (χ1) is 7.43. The van der Waals surface area contributed by atoms with Crippen LogP contribution in [0.3, 0.4) is 0 Å². The van der Waals surface area contributed by atoms with Gasteiger partial charge in [-0.05, 0) is 50.5 Å². The molecule has 1 heterocycles. The molecule has 0 aromatic heterocycles. The summed E-state index contributed by atoms with van der Waals surface area (Å²) in [7, 11) is 0. The van der Waals surface area contributed by atoms with Gasteiger partial charge < -0.3 is 4.74 Å². The van der Waals surface area contributed by atoms with E-state index in [0.717, 1.165) is 18.8 Å². The average Bonchev–Trinajstić information content (AvgIpc) is 2.63. The number of ether oxygens (including phenoxy) is 1. The molecule has 0 bridgehead atoms. The lowest BCUT2D eigenvalue weighted by Gasteiger charge is -2.44. The summed E-state index contributed by atoms with van der Waals surface area (Å²) >= 11 is 0. The summed E-state index contributed by atoms with van der Waals surface area (Å²) in [4.78, 5) is 0. The summed E-state index contributed by atoms with van der Waals surface area (Å²) in [6.07, 6.45) is 7.78. The van der Waals surface area contributed by atoms with Crippen molar-refractivity contribution in [2.45, 2.75) is 58.2 Å². The Bertz CT molecular complexity index is 330. The number of hydrogen-bond acceptors (Lipinski definition) is 1. The fourth-order valence-electron chi connectivity index (χ4n) is 3.25. The zero-order chi connectivity index (χ0) is 12.0. The van der Waals surface area contributed by atoms with Gasteiger partial charge in [-0.25, -0.2) is 0 Å². The van der Waals surface area contributed by atoms with E-state index in [1.807, 2.05) is 6.08 Å². The van der Waals surface area contributed by atoms with Gasteiger partial charge in [0.1, 0.15) is 0 Å². The van der Waals surface area contributed by atoms with Crippen molar-refractivity contribution in [1.29, 1.82) is 0 Å². The standard InChI is InChI=1S/C15H24O/c1-6-14(5)9-10-15(16-14)12(3)8-7-11(2)13(15)4/h6,8,11,13H,1,7,9-10H2,2-5H3/t11-,13+,14+,15-/m0/s1. The van der Waals surface area contributed by atoms with E-state index in [0.29, 0.717) is 5.92 Å². The van der Waals surface area contributed by atoms with Crippen LogP contribution >= 0.6 is 0 Å². The molecule has 0 N–H and O–H groups in total. The molecule has 0 radical (unpaired) electrons. The van der Waals surface area contributed by atoms with E-state index >= 15 is 0 Å². The van der Waals surface area contributed by atoms with Crippen molar-refractivity contribution >= 4 is 0 Å². The van der Waals surface area contributed by atoms with Gasteiger partial charge in [0.15, 0.2) is 0 Å². The molecule has 1 aliphatic heterocycles. The Morgan fingerprint density at radius 3 is 2.69 bits per heavy atom. The lowest BCUT2D eigenvalue weighted by molar-refractivity contribution is -0.0924. The first-order valence-electron chi connectivity index (χ1n) is 6.44. The van der Waals surface area contributed by atoms with Crippen molar-refractivity contribution in [3.63, 3.8) is 0 Å². The largest absolute Gasteiger partial charge is 0.360 e. The van der Waals surface area contributed by atoms with E-state index in [4.69, 9.17) is 4.74 Å². The van der Waals surface area contributed by atoms with E-state index < -0.39 is 0 Å². The van der Waals surface area contributed by atoms with Gasteiger partial charge in [-0.15, -0.1) is 6.58 Å². The maximum absolute atomic E-state index is 6.44. The Labute approximate surface area is 99.6 Å². The predicted molar refractivity (Wildman–Crippen MR) is 68.4 cm³/mol. The van der Waals surface area contributed by atoms with E-state index in [9.17, 15) is 0 Å². The van der Waals surface area contributed by atoms with Crippen LogP contribution in [-0.4, -0.2) is 11.2 Å². The molecule has 0 amide bonds. The van der Waals surface area contributed by atoms with Gasteiger partial charge in [0, 0.05) is 0 Å². The predicted octanol–water partition coefficient (Wildman–Crippen LogP) is 4.10. The minimum absolute atomic E-state index is 0.0133. The second kappa shape index (κ2) is 3.73.